The monoisotopic (exact) mass is 160 g/mol. The summed E-state index contributed by atoms with van der Waals surface area (Å²) in [6.45, 7) is 0. The van der Waals surface area contributed by atoms with E-state index in [0.29, 0.717) is 0 Å². The van der Waals surface area contributed by atoms with Crippen molar-refractivity contribution in [3.8, 4) is 0 Å². The van der Waals surface area contributed by atoms with E-state index in [1.165, 1.54) is 0 Å². The second-order valence-corrected chi connectivity index (χ2v) is 1.33. The predicted octanol–water partition coefficient (Wildman–Crippen LogP) is -4.45. The number of aldehydes is 1. The summed E-state index contributed by atoms with van der Waals surface area (Å²) in [6.07, 6.45) is 0.0941. The molecule has 5 heteroatoms. The number of carbonyl (C=O) groups excluding carboxylic acids is 2. The molecule has 0 aliphatic rings. The fourth-order valence-corrected chi connectivity index (χ4v) is 0.0556. The fourth-order valence-electron chi connectivity index (χ4n) is 0.0556. The van der Waals surface area contributed by atoms with E-state index in [1.54, 1.807) is 0 Å². The van der Waals surface area contributed by atoms with Gasteiger partial charge in [-0.2, -0.15) is 0 Å². The third kappa shape index (κ3) is 5.21. The van der Waals surface area contributed by atoms with E-state index in [2.05, 4.69) is 0 Å². The smallest absolute Gasteiger partial charge is 0.548 e. The number of hydrogen-bond acceptors (Lipinski definition) is 3. The molecule has 0 heterocycles. The van der Waals surface area contributed by atoms with Gasteiger partial charge in [-0.3, -0.25) is 0 Å². The molecule has 0 aromatic heterocycles. The van der Waals surface area contributed by atoms with E-state index >= 15 is 0 Å². The van der Waals surface area contributed by atoms with E-state index in [-0.39, 0.29) is 57.7 Å². The van der Waals surface area contributed by atoms with Crippen LogP contribution in [0.3, 0.4) is 0 Å². The van der Waals surface area contributed by atoms with Crippen LogP contribution in [-0.2, 0) is 9.59 Å². The van der Waals surface area contributed by atoms with Gasteiger partial charge in [-0.15, -0.1) is 11.6 Å². The molecule has 0 radical (unpaired) electrons. The first-order chi connectivity index (χ1) is 3.18. The molecule has 40 valence electrons. The van der Waals surface area contributed by atoms with Crippen LogP contribution < -0.4 is 56.5 Å². The second kappa shape index (κ2) is 6.19. The van der Waals surface area contributed by atoms with Crippen LogP contribution >= 0.6 is 11.6 Å². The molecule has 0 N–H and O–H groups in total. The minimum Gasteiger partial charge on any atom is -0.548 e. The number of hydrogen-bond donors (Lipinski definition) is 0. The van der Waals surface area contributed by atoms with Crippen molar-refractivity contribution in [1.29, 1.82) is 0 Å². The van der Waals surface area contributed by atoms with Crippen molar-refractivity contribution in [2.75, 3.05) is 0 Å². The van der Waals surface area contributed by atoms with Crippen molar-refractivity contribution in [3.63, 3.8) is 0 Å². The number of carbonyl (C=O) groups is 2. The summed E-state index contributed by atoms with van der Waals surface area (Å²) in [5, 5.41) is 7.96. The second-order valence-electron chi connectivity index (χ2n) is 0.857. The summed E-state index contributed by atoms with van der Waals surface area (Å²) in [7, 11) is 0. The fraction of sp³-hybridized carbons (Fsp3) is 0.333. The third-order valence-corrected chi connectivity index (χ3v) is 0.626. The molecule has 0 aliphatic carbocycles. The molecule has 3 nitrogen and oxygen atoms in total. The minimum atomic E-state index is -1.56. The predicted molar refractivity (Wildman–Crippen MR) is 20.7 cm³/mol. The average Bonchev–Trinajstić information content (AvgIpc) is 1.65. The summed E-state index contributed by atoms with van der Waals surface area (Å²) >= 11 is 4.77. The van der Waals surface area contributed by atoms with Crippen LogP contribution in [-0.4, -0.2) is 17.6 Å². The van der Waals surface area contributed by atoms with Crippen molar-refractivity contribution >= 4 is 23.9 Å². The third-order valence-electron chi connectivity index (χ3n) is 0.345. The maximum atomic E-state index is 9.46. The average molecular weight is 161 g/mol. The van der Waals surface area contributed by atoms with Crippen LogP contribution in [0.25, 0.3) is 0 Å². The number of aliphatic carboxylic acids is 1. The summed E-state index contributed by atoms with van der Waals surface area (Å²) < 4.78 is 0. The molecule has 0 aromatic carbocycles. The summed E-state index contributed by atoms with van der Waals surface area (Å²) in [4.78, 5) is 18.8. The molecular formula is C3H2ClKO3. The van der Waals surface area contributed by atoms with Gasteiger partial charge >= 0.3 is 51.4 Å². The van der Waals surface area contributed by atoms with Crippen LogP contribution in [0.2, 0.25) is 0 Å². The zero-order valence-corrected chi connectivity index (χ0v) is 8.14. The summed E-state index contributed by atoms with van der Waals surface area (Å²) in [5.41, 5.74) is 0. The number of carboxylic acid groups (broad SMARTS) is 1. The molecular weight excluding hydrogens is 159 g/mol. The summed E-state index contributed by atoms with van der Waals surface area (Å²) in [6, 6.07) is 0. The first kappa shape index (κ1) is 11.8. The van der Waals surface area contributed by atoms with Gasteiger partial charge in [-0.1, -0.05) is 0 Å². The SMILES string of the molecule is O=CC(Cl)C(=O)[O-].[K+]. The number of rotatable bonds is 2. The van der Waals surface area contributed by atoms with Crippen molar-refractivity contribution in [1.82, 2.24) is 0 Å². The molecule has 0 saturated carbocycles. The number of carboxylic acids is 1. The Bertz CT molecular complexity index is 94.5. The van der Waals surface area contributed by atoms with Crippen molar-refractivity contribution in [2.24, 2.45) is 0 Å². The minimum absolute atomic E-state index is 0. The largest absolute Gasteiger partial charge is 1.00 e. The Labute approximate surface area is 93.8 Å². The molecule has 0 fully saturated rings. The van der Waals surface area contributed by atoms with Crippen molar-refractivity contribution < 1.29 is 66.1 Å². The Morgan fingerprint density at radius 1 is 1.75 bits per heavy atom. The van der Waals surface area contributed by atoms with Crippen LogP contribution in [0, 0.1) is 0 Å². The topological polar surface area (TPSA) is 57.2 Å². The first-order valence-corrected chi connectivity index (χ1v) is 1.92. The van der Waals surface area contributed by atoms with E-state index in [4.69, 9.17) is 11.6 Å². The molecule has 8 heavy (non-hydrogen) atoms. The van der Waals surface area contributed by atoms with Gasteiger partial charge in [0.2, 0.25) is 0 Å². The van der Waals surface area contributed by atoms with Crippen LogP contribution in [0.4, 0.5) is 0 Å². The van der Waals surface area contributed by atoms with Crippen LogP contribution in [0.1, 0.15) is 0 Å². The zero-order chi connectivity index (χ0) is 5.86. The van der Waals surface area contributed by atoms with E-state index < -0.39 is 11.3 Å². The van der Waals surface area contributed by atoms with E-state index in [0.717, 1.165) is 0 Å². The van der Waals surface area contributed by atoms with Gasteiger partial charge in [0.05, 0.1) is 5.97 Å². The molecule has 0 saturated heterocycles. The maximum Gasteiger partial charge on any atom is 1.00 e. The van der Waals surface area contributed by atoms with Crippen molar-refractivity contribution in [2.45, 2.75) is 5.38 Å². The van der Waals surface area contributed by atoms with Gasteiger partial charge in [0.15, 0.2) is 0 Å². The van der Waals surface area contributed by atoms with Crippen LogP contribution in [0.15, 0.2) is 0 Å². The summed E-state index contributed by atoms with van der Waals surface area (Å²) in [5.74, 6) is -1.56. The number of alkyl halides is 1. The molecule has 0 spiro atoms. The van der Waals surface area contributed by atoms with Gasteiger partial charge in [0, 0.05) is 0 Å². The molecule has 0 amide bonds. The Balaban J connectivity index is 0. The van der Waals surface area contributed by atoms with Gasteiger partial charge in [0.1, 0.15) is 11.7 Å². The Hall–Kier alpha value is 1.07. The zero-order valence-electron chi connectivity index (χ0n) is 4.26. The molecule has 1 unspecified atom stereocenters. The Morgan fingerprint density at radius 2 is 2.12 bits per heavy atom. The first-order valence-electron chi connectivity index (χ1n) is 1.48. The Morgan fingerprint density at radius 3 is 2.12 bits per heavy atom. The quantitative estimate of drug-likeness (QED) is 0.177. The van der Waals surface area contributed by atoms with Gasteiger partial charge in [0.25, 0.3) is 0 Å². The molecule has 1 atom stereocenters. The van der Waals surface area contributed by atoms with Gasteiger partial charge < -0.3 is 14.7 Å². The van der Waals surface area contributed by atoms with E-state index in [1.807, 2.05) is 0 Å². The standard InChI is InChI=1S/C3H3ClO3.K/c4-2(1-5)3(6)7;/h1-2H,(H,6,7);/q;+1/p-1. The van der Waals surface area contributed by atoms with Gasteiger partial charge in [-0.25, -0.2) is 0 Å². The normalized spacial score (nSPS) is 11.1. The maximum absolute atomic E-state index is 9.46. The number of halogens is 1. The Kier molecular flexibility index (Phi) is 9.14. The molecule has 0 bridgehead atoms. The van der Waals surface area contributed by atoms with Crippen molar-refractivity contribution in [3.05, 3.63) is 0 Å². The van der Waals surface area contributed by atoms with E-state index in [9.17, 15) is 14.7 Å². The molecule has 0 aliphatic heterocycles. The van der Waals surface area contributed by atoms with Crippen LogP contribution in [0.5, 0.6) is 0 Å². The molecule has 0 aromatic rings. The molecule has 0 rings (SSSR count). The van der Waals surface area contributed by atoms with Gasteiger partial charge in [-0.05, 0) is 0 Å².